The molecule has 0 aromatic heterocycles. The molecule has 37 heavy (non-hydrogen) atoms. The summed E-state index contributed by atoms with van der Waals surface area (Å²) in [7, 11) is -2.57. The SMILES string of the molecule is CNC(=O)[C@@H](C)N(Cc1cccc(C)c1)C(=O)CN(c1cccc(C)c1C)S(=O)(=O)c1ccc(C)cc1. The van der Waals surface area contributed by atoms with Crippen LogP contribution in [0.4, 0.5) is 5.69 Å². The Bertz CT molecular complexity index is 1380. The number of hydrogen-bond acceptors (Lipinski definition) is 4. The maximum absolute atomic E-state index is 13.9. The second-order valence-electron chi connectivity index (χ2n) is 9.34. The van der Waals surface area contributed by atoms with Gasteiger partial charge >= 0.3 is 0 Å². The average Bonchev–Trinajstić information content (AvgIpc) is 2.87. The first-order chi connectivity index (χ1) is 17.4. The molecule has 7 nitrogen and oxygen atoms in total. The first-order valence-corrected chi connectivity index (χ1v) is 13.6. The number of nitrogens with zero attached hydrogens (tertiary/aromatic N) is 2. The fourth-order valence-electron chi connectivity index (χ4n) is 4.16. The third kappa shape index (κ3) is 6.38. The lowest BCUT2D eigenvalue weighted by atomic mass is 10.1. The van der Waals surface area contributed by atoms with Gasteiger partial charge in [-0.2, -0.15) is 0 Å². The van der Waals surface area contributed by atoms with E-state index in [9.17, 15) is 18.0 Å². The highest BCUT2D eigenvalue weighted by Crippen LogP contribution is 2.29. The molecule has 3 aromatic rings. The molecule has 0 radical (unpaired) electrons. The minimum absolute atomic E-state index is 0.0939. The maximum atomic E-state index is 13.9. The molecule has 0 unspecified atom stereocenters. The van der Waals surface area contributed by atoms with Gasteiger partial charge in [0, 0.05) is 13.6 Å². The fourth-order valence-corrected chi connectivity index (χ4v) is 5.63. The van der Waals surface area contributed by atoms with Gasteiger partial charge in [-0.1, -0.05) is 59.7 Å². The molecule has 0 bridgehead atoms. The number of nitrogens with one attached hydrogen (secondary N) is 1. The molecule has 0 spiro atoms. The van der Waals surface area contributed by atoms with Gasteiger partial charge in [0.25, 0.3) is 10.0 Å². The van der Waals surface area contributed by atoms with Crippen LogP contribution >= 0.6 is 0 Å². The molecule has 0 saturated carbocycles. The van der Waals surface area contributed by atoms with Gasteiger partial charge in [-0.3, -0.25) is 13.9 Å². The highest BCUT2D eigenvalue weighted by atomic mass is 32.2. The number of sulfonamides is 1. The van der Waals surface area contributed by atoms with Crippen LogP contribution in [-0.4, -0.2) is 44.8 Å². The summed E-state index contributed by atoms with van der Waals surface area (Å²) in [6.45, 7) is 8.93. The van der Waals surface area contributed by atoms with Gasteiger partial charge < -0.3 is 10.2 Å². The second-order valence-corrected chi connectivity index (χ2v) is 11.2. The Kier molecular flexibility index (Phi) is 8.76. The second kappa shape index (κ2) is 11.6. The number of anilines is 1. The number of carbonyl (C=O) groups excluding carboxylic acids is 2. The summed E-state index contributed by atoms with van der Waals surface area (Å²) in [6.07, 6.45) is 0. The molecule has 0 saturated heterocycles. The van der Waals surface area contributed by atoms with Crippen molar-refractivity contribution in [1.29, 1.82) is 0 Å². The van der Waals surface area contributed by atoms with Gasteiger partial charge in [0.1, 0.15) is 12.6 Å². The number of benzene rings is 3. The Labute approximate surface area is 220 Å². The van der Waals surface area contributed by atoms with Crippen LogP contribution in [0.2, 0.25) is 0 Å². The van der Waals surface area contributed by atoms with E-state index in [1.165, 1.54) is 11.9 Å². The summed E-state index contributed by atoms with van der Waals surface area (Å²) in [5.41, 5.74) is 4.90. The molecule has 1 atom stereocenters. The van der Waals surface area contributed by atoms with E-state index < -0.39 is 28.5 Å². The molecule has 1 N–H and O–H groups in total. The third-order valence-electron chi connectivity index (χ3n) is 6.58. The van der Waals surface area contributed by atoms with Crippen molar-refractivity contribution in [2.45, 2.75) is 52.1 Å². The Morgan fingerprint density at radius 3 is 2.16 bits per heavy atom. The monoisotopic (exact) mass is 521 g/mol. The number of hydrogen-bond donors (Lipinski definition) is 1. The standard InChI is InChI=1S/C29H35N3O4S/c1-20-13-15-26(16-14-20)37(35,36)32(27-12-8-10-22(3)23(27)4)19-28(33)31(24(5)29(34)30-6)18-25-11-7-9-21(2)17-25/h7-17,24H,18-19H2,1-6H3,(H,30,34)/t24-/m1/s1. The summed E-state index contributed by atoms with van der Waals surface area (Å²) in [5.74, 6) is -0.810. The van der Waals surface area contributed by atoms with Crippen LogP contribution in [0.5, 0.6) is 0 Å². The van der Waals surface area contributed by atoms with Crippen molar-refractivity contribution in [3.63, 3.8) is 0 Å². The normalized spacial score (nSPS) is 12.1. The van der Waals surface area contributed by atoms with Gasteiger partial charge in [-0.25, -0.2) is 8.42 Å². The van der Waals surface area contributed by atoms with Crippen LogP contribution in [0.3, 0.4) is 0 Å². The zero-order valence-corrected chi connectivity index (χ0v) is 23.1. The van der Waals surface area contributed by atoms with Crippen molar-refractivity contribution in [3.05, 3.63) is 94.5 Å². The molecule has 0 aliphatic heterocycles. The maximum Gasteiger partial charge on any atom is 0.264 e. The summed E-state index contributed by atoms with van der Waals surface area (Å²) in [5, 5.41) is 2.60. The Morgan fingerprint density at radius 2 is 1.54 bits per heavy atom. The van der Waals surface area contributed by atoms with Gasteiger partial charge in [0.15, 0.2) is 0 Å². The molecular formula is C29H35N3O4S. The molecule has 0 fully saturated rings. The molecule has 0 aliphatic rings. The first-order valence-electron chi connectivity index (χ1n) is 12.2. The van der Waals surface area contributed by atoms with Crippen molar-refractivity contribution in [2.75, 3.05) is 17.9 Å². The number of likely N-dealkylation sites (N-methyl/N-ethyl adjacent to an activating group) is 1. The van der Waals surface area contributed by atoms with E-state index in [0.29, 0.717) is 5.69 Å². The van der Waals surface area contributed by atoms with Crippen LogP contribution in [0.25, 0.3) is 0 Å². The van der Waals surface area contributed by atoms with Gasteiger partial charge in [-0.15, -0.1) is 0 Å². The lowest BCUT2D eigenvalue weighted by Gasteiger charge is -2.32. The summed E-state index contributed by atoms with van der Waals surface area (Å²) in [6, 6.07) is 18.8. The van der Waals surface area contributed by atoms with E-state index in [-0.39, 0.29) is 17.3 Å². The van der Waals surface area contributed by atoms with Gasteiger partial charge in [0.2, 0.25) is 11.8 Å². The van der Waals surface area contributed by atoms with Crippen LogP contribution in [0.1, 0.15) is 34.7 Å². The zero-order chi connectivity index (χ0) is 27.3. The molecule has 8 heteroatoms. The average molecular weight is 522 g/mol. The van der Waals surface area contributed by atoms with Crippen LogP contribution in [0.15, 0.2) is 71.6 Å². The molecule has 3 rings (SSSR count). The largest absolute Gasteiger partial charge is 0.357 e. The predicted octanol–water partition coefficient (Wildman–Crippen LogP) is 4.28. The highest BCUT2D eigenvalue weighted by molar-refractivity contribution is 7.92. The van der Waals surface area contributed by atoms with E-state index in [0.717, 1.165) is 32.1 Å². The minimum Gasteiger partial charge on any atom is -0.357 e. The Hall–Kier alpha value is -3.65. The quantitative estimate of drug-likeness (QED) is 0.455. The lowest BCUT2D eigenvalue weighted by molar-refractivity contribution is -0.139. The summed E-state index contributed by atoms with van der Waals surface area (Å²) >= 11 is 0. The Balaban J connectivity index is 2.08. The number of rotatable bonds is 9. The van der Waals surface area contributed by atoms with Crippen molar-refractivity contribution in [1.82, 2.24) is 10.2 Å². The minimum atomic E-state index is -4.08. The number of aryl methyl sites for hydroxylation is 3. The van der Waals surface area contributed by atoms with E-state index >= 15 is 0 Å². The van der Waals surface area contributed by atoms with Gasteiger partial charge in [-0.05, 0) is 69.5 Å². The van der Waals surface area contributed by atoms with Crippen LogP contribution in [0, 0.1) is 27.7 Å². The molecule has 0 aliphatic carbocycles. The van der Waals surface area contributed by atoms with Crippen molar-refractivity contribution in [3.8, 4) is 0 Å². The van der Waals surface area contributed by atoms with E-state index in [4.69, 9.17) is 0 Å². The summed E-state index contributed by atoms with van der Waals surface area (Å²) in [4.78, 5) is 27.9. The Morgan fingerprint density at radius 1 is 0.892 bits per heavy atom. The van der Waals surface area contributed by atoms with Crippen molar-refractivity contribution in [2.24, 2.45) is 0 Å². The zero-order valence-electron chi connectivity index (χ0n) is 22.3. The molecule has 196 valence electrons. The fraction of sp³-hybridized carbons (Fsp3) is 0.310. The van der Waals surface area contributed by atoms with Crippen LogP contribution < -0.4 is 9.62 Å². The smallest absolute Gasteiger partial charge is 0.264 e. The topological polar surface area (TPSA) is 86.8 Å². The third-order valence-corrected chi connectivity index (χ3v) is 8.36. The molecule has 3 aromatic carbocycles. The highest BCUT2D eigenvalue weighted by Gasteiger charge is 2.33. The van der Waals surface area contributed by atoms with Crippen molar-refractivity contribution < 1.29 is 18.0 Å². The van der Waals surface area contributed by atoms with Gasteiger partial charge in [0.05, 0.1) is 10.6 Å². The van der Waals surface area contributed by atoms with E-state index in [1.54, 1.807) is 43.3 Å². The van der Waals surface area contributed by atoms with E-state index in [1.807, 2.05) is 58.0 Å². The van der Waals surface area contributed by atoms with Crippen molar-refractivity contribution >= 4 is 27.5 Å². The lowest BCUT2D eigenvalue weighted by Crippen LogP contribution is -2.50. The summed E-state index contributed by atoms with van der Waals surface area (Å²) < 4.78 is 29.0. The molecule has 2 amide bonds. The number of amides is 2. The predicted molar refractivity (Wildman–Crippen MR) is 147 cm³/mol. The number of carbonyl (C=O) groups is 2. The van der Waals surface area contributed by atoms with E-state index in [2.05, 4.69) is 5.32 Å². The molecular weight excluding hydrogens is 486 g/mol. The first kappa shape index (κ1) is 27.9. The van der Waals surface area contributed by atoms with Crippen LogP contribution in [-0.2, 0) is 26.2 Å². The molecule has 0 heterocycles.